The molecule has 1 aliphatic rings. The van der Waals surface area contributed by atoms with E-state index in [1.54, 1.807) is 18.6 Å². The molecule has 4 rings (SSSR count). The van der Waals surface area contributed by atoms with Crippen LogP contribution < -0.4 is 10.1 Å². The molecule has 3 heterocycles. The normalized spacial score (nSPS) is 19.0. The first-order valence-corrected chi connectivity index (χ1v) is 11.1. The van der Waals surface area contributed by atoms with Gasteiger partial charge in [0.2, 0.25) is 5.88 Å². The number of ether oxygens (including phenoxy) is 1. The Morgan fingerprint density at radius 1 is 1.13 bits per heavy atom. The van der Waals surface area contributed by atoms with Gasteiger partial charge in [-0.2, -0.15) is 5.10 Å². The fourth-order valence-corrected chi connectivity index (χ4v) is 4.11. The van der Waals surface area contributed by atoms with Gasteiger partial charge in [0.1, 0.15) is 17.7 Å². The van der Waals surface area contributed by atoms with Gasteiger partial charge in [-0.15, -0.1) is 0 Å². The number of pyridine rings is 1. The topological polar surface area (TPSA) is 77.8 Å². The quantitative estimate of drug-likeness (QED) is 0.575. The van der Waals surface area contributed by atoms with Crippen LogP contribution in [0.2, 0.25) is 0 Å². The van der Waals surface area contributed by atoms with Crippen molar-refractivity contribution in [2.45, 2.75) is 77.4 Å². The fourth-order valence-electron chi connectivity index (χ4n) is 4.11. The van der Waals surface area contributed by atoms with Gasteiger partial charge in [0, 0.05) is 36.1 Å². The standard InChI is InChI=1S/C24H32N6O/c1-16(2)19-7-6-10-27-23(19)31-18-9-8-17(13-18)20-14-22(30(29-20)24(3,4)5)28-21-15-25-11-12-26-21/h6-7,10-12,14-18H,8-9,13H2,1-5H3,(H,26,28)/t17-,18+/m0/s1. The second kappa shape index (κ2) is 8.65. The highest BCUT2D eigenvalue weighted by Gasteiger charge is 2.32. The van der Waals surface area contributed by atoms with Gasteiger partial charge in [-0.1, -0.05) is 19.9 Å². The molecule has 0 aromatic carbocycles. The number of aromatic nitrogens is 5. The largest absolute Gasteiger partial charge is 0.474 e. The van der Waals surface area contributed by atoms with Crippen LogP contribution in [0.4, 0.5) is 11.6 Å². The van der Waals surface area contributed by atoms with E-state index in [4.69, 9.17) is 9.84 Å². The first-order valence-electron chi connectivity index (χ1n) is 11.1. The molecule has 164 valence electrons. The Morgan fingerprint density at radius 3 is 2.68 bits per heavy atom. The predicted molar refractivity (Wildman–Crippen MR) is 122 cm³/mol. The zero-order valence-corrected chi connectivity index (χ0v) is 19.0. The molecule has 1 aliphatic carbocycles. The van der Waals surface area contributed by atoms with Crippen LogP contribution in [-0.2, 0) is 5.54 Å². The van der Waals surface area contributed by atoms with E-state index in [0.717, 1.165) is 36.7 Å². The van der Waals surface area contributed by atoms with E-state index in [1.807, 2.05) is 16.9 Å². The van der Waals surface area contributed by atoms with Gasteiger partial charge in [-0.05, 0) is 52.0 Å². The van der Waals surface area contributed by atoms with Gasteiger partial charge in [0.25, 0.3) is 0 Å². The molecule has 0 spiro atoms. The fraction of sp³-hybridized carbons (Fsp3) is 0.500. The minimum Gasteiger partial charge on any atom is -0.474 e. The van der Waals surface area contributed by atoms with E-state index in [2.05, 4.69) is 67.0 Å². The van der Waals surface area contributed by atoms with Crippen molar-refractivity contribution < 1.29 is 4.74 Å². The van der Waals surface area contributed by atoms with Crippen LogP contribution in [0.5, 0.6) is 5.88 Å². The lowest BCUT2D eigenvalue weighted by Crippen LogP contribution is -2.25. The third-order valence-electron chi connectivity index (χ3n) is 5.69. The third kappa shape index (κ3) is 4.86. The van der Waals surface area contributed by atoms with Crippen molar-refractivity contribution in [1.29, 1.82) is 0 Å². The molecule has 7 heteroatoms. The van der Waals surface area contributed by atoms with E-state index in [0.29, 0.717) is 17.7 Å². The average Bonchev–Trinajstić information content (AvgIpc) is 3.36. The Hall–Kier alpha value is -2.96. The van der Waals surface area contributed by atoms with Gasteiger partial charge >= 0.3 is 0 Å². The summed E-state index contributed by atoms with van der Waals surface area (Å²) < 4.78 is 8.38. The molecule has 1 N–H and O–H groups in total. The van der Waals surface area contributed by atoms with Gasteiger partial charge in [0.05, 0.1) is 17.4 Å². The van der Waals surface area contributed by atoms with Crippen molar-refractivity contribution in [1.82, 2.24) is 24.7 Å². The van der Waals surface area contributed by atoms with E-state index >= 15 is 0 Å². The number of hydrogen-bond donors (Lipinski definition) is 1. The van der Waals surface area contributed by atoms with Crippen molar-refractivity contribution in [2.24, 2.45) is 0 Å². The zero-order valence-electron chi connectivity index (χ0n) is 19.0. The molecule has 0 amide bonds. The molecule has 0 aliphatic heterocycles. The van der Waals surface area contributed by atoms with E-state index in [-0.39, 0.29) is 11.6 Å². The van der Waals surface area contributed by atoms with E-state index in [9.17, 15) is 0 Å². The van der Waals surface area contributed by atoms with Crippen LogP contribution in [0, 0.1) is 0 Å². The minimum absolute atomic E-state index is 0.155. The van der Waals surface area contributed by atoms with Crippen molar-refractivity contribution >= 4 is 11.6 Å². The highest BCUT2D eigenvalue weighted by atomic mass is 16.5. The first kappa shape index (κ1) is 21.3. The maximum Gasteiger partial charge on any atom is 0.217 e. The molecule has 3 aromatic heterocycles. The second-order valence-electron chi connectivity index (χ2n) is 9.56. The molecule has 31 heavy (non-hydrogen) atoms. The minimum atomic E-state index is -0.155. The smallest absolute Gasteiger partial charge is 0.217 e. The molecular weight excluding hydrogens is 388 g/mol. The summed E-state index contributed by atoms with van der Waals surface area (Å²) in [5, 5.41) is 8.36. The third-order valence-corrected chi connectivity index (χ3v) is 5.69. The van der Waals surface area contributed by atoms with Crippen molar-refractivity contribution in [3.8, 4) is 5.88 Å². The molecule has 1 saturated carbocycles. The number of hydrogen-bond acceptors (Lipinski definition) is 6. The van der Waals surface area contributed by atoms with Crippen molar-refractivity contribution in [3.05, 3.63) is 54.2 Å². The molecule has 0 saturated heterocycles. The zero-order chi connectivity index (χ0) is 22.0. The van der Waals surface area contributed by atoms with Crippen LogP contribution in [0.1, 0.15) is 77.0 Å². The lowest BCUT2D eigenvalue weighted by Gasteiger charge is -2.22. The predicted octanol–water partition coefficient (Wildman–Crippen LogP) is 5.41. The highest BCUT2D eigenvalue weighted by molar-refractivity contribution is 5.52. The lowest BCUT2D eigenvalue weighted by molar-refractivity contribution is 0.196. The molecule has 7 nitrogen and oxygen atoms in total. The van der Waals surface area contributed by atoms with Gasteiger partial charge in [0.15, 0.2) is 0 Å². The van der Waals surface area contributed by atoms with Crippen LogP contribution >= 0.6 is 0 Å². The summed E-state index contributed by atoms with van der Waals surface area (Å²) in [6.45, 7) is 10.8. The van der Waals surface area contributed by atoms with Gasteiger partial charge < -0.3 is 10.1 Å². The van der Waals surface area contributed by atoms with Crippen molar-refractivity contribution in [2.75, 3.05) is 5.32 Å². The van der Waals surface area contributed by atoms with Crippen LogP contribution in [-0.4, -0.2) is 30.8 Å². The molecule has 3 aromatic rings. The summed E-state index contributed by atoms with van der Waals surface area (Å²) in [6, 6.07) is 6.23. The summed E-state index contributed by atoms with van der Waals surface area (Å²) in [7, 11) is 0. The summed E-state index contributed by atoms with van der Waals surface area (Å²) in [5.41, 5.74) is 2.10. The van der Waals surface area contributed by atoms with Gasteiger partial charge in [-0.25, -0.2) is 14.6 Å². The van der Waals surface area contributed by atoms with E-state index < -0.39 is 0 Å². The summed E-state index contributed by atoms with van der Waals surface area (Å²) in [4.78, 5) is 13.0. The SMILES string of the molecule is CC(C)c1cccnc1O[C@@H]1CC[C@H](c2cc(Nc3cnccn3)n(C(C)(C)C)n2)C1. The first-order chi connectivity index (χ1) is 14.8. The molecule has 0 unspecified atom stereocenters. The number of anilines is 2. The van der Waals surface area contributed by atoms with Crippen molar-refractivity contribution in [3.63, 3.8) is 0 Å². The average molecular weight is 421 g/mol. The Balaban J connectivity index is 1.51. The van der Waals surface area contributed by atoms with Gasteiger partial charge in [-0.3, -0.25) is 4.98 Å². The number of nitrogens with zero attached hydrogens (tertiary/aromatic N) is 5. The van der Waals surface area contributed by atoms with Crippen LogP contribution in [0.15, 0.2) is 43.0 Å². The van der Waals surface area contributed by atoms with Crippen LogP contribution in [0.3, 0.4) is 0 Å². The molecule has 0 radical (unpaired) electrons. The second-order valence-corrected chi connectivity index (χ2v) is 9.56. The Bertz CT molecular complexity index is 1010. The maximum atomic E-state index is 6.34. The Labute approximate surface area is 184 Å². The molecular formula is C24H32N6O. The molecule has 2 atom stereocenters. The monoisotopic (exact) mass is 420 g/mol. The van der Waals surface area contributed by atoms with E-state index in [1.165, 1.54) is 5.56 Å². The molecule has 1 fully saturated rings. The van der Waals surface area contributed by atoms with Crippen LogP contribution in [0.25, 0.3) is 0 Å². The summed E-state index contributed by atoms with van der Waals surface area (Å²) in [6.07, 6.45) is 10.1. The highest BCUT2D eigenvalue weighted by Crippen LogP contribution is 2.38. The molecule has 0 bridgehead atoms. The Morgan fingerprint density at radius 2 is 1.97 bits per heavy atom. The summed E-state index contributed by atoms with van der Waals surface area (Å²) >= 11 is 0. The number of nitrogens with one attached hydrogen (secondary N) is 1. The number of rotatable bonds is 6. The lowest BCUT2D eigenvalue weighted by atomic mass is 10.0. The Kier molecular flexibility index (Phi) is 5.94. The maximum absolute atomic E-state index is 6.34. The summed E-state index contributed by atoms with van der Waals surface area (Å²) in [5.74, 6) is 3.16.